The van der Waals surface area contributed by atoms with Gasteiger partial charge in [0, 0.05) is 13.6 Å². The summed E-state index contributed by atoms with van der Waals surface area (Å²) in [6.45, 7) is 2.75. The molecule has 0 atom stereocenters. The molecule has 1 aromatic carbocycles. The minimum atomic E-state index is -0.198. The summed E-state index contributed by atoms with van der Waals surface area (Å²) in [4.78, 5) is 25.3. The SMILES string of the molecule is CCCCN(C)C(=O)c1cccc2c1OCC(=O)N2. The summed E-state index contributed by atoms with van der Waals surface area (Å²) in [6, 6.07) is 5.20. The molecule has 5 nitrogen and oxygen atoms in total. The van der Waals surface area contributed by atoms with Crippen LogP contribution in [-0.4, -0.2) is 36.9 Å². The third kappa shape index (κ3) is 2.86. The average Bonchev–Trinajstić information content (AvgIpc) is 2.42. The van der Waals surface area contributed by atoms with Crippen molar-refractivity contribution in [3.05, 3.63) is 23.8 Å². The molecular formula is C14H18N2O3. The molecule has 102 valence electrons. The zero-order valence-corrected chi connectivity index (χ0v) is 11.2. The van der Waals surface area contributed by atoms with Gasteiger partial charge in [-0.2, -0.15) is 0 Å². The second kappa shape index (κ2) is 5.73. The first-order chi connectivity index (χ1) is 9.13. The van der Waals surface area contributed by atoms with E-state index in [2.05, 4.69) is 12.2 Å². The molecule has 0 aromatic heterocycles. The predicted octanol–water partition coefficient (Wildman–Crippen LogP) is 1.89. The number of amides is 2. The van der Waals surface area contributed by atoms with Gasteiger partial charge in [-0.05, 0) is 18.6 Å². The van der Waals surface area contributed by atoms with E-state index in [0.717, 1.165) is 12.8 Å². The Labute approximate surface area is 112 Å². The highest BCUT2D eigenvalue weighted by atomic mass is 16.5. The number of benzene rings is 1. The lowest BCUT2D eigenvalue weighted by molar-refractivity contribution is -0.118. The van der Waals surface area contributed by atoms with Gasteiger partial charge in [0.05, 0.1) is 11.3 Å². The van der Waals surface area contributed by atoms with Gasteiger partial charge in [-0.25, -0.2) is 0 Å². The monoisotopic (exact) mass is 262 g/mol. The van der Waals surface area contributed by atoms with E-state index in [0.29, 0.717) is 23.5 Å². The fourth-order valence-corrected chi connectivity index (χ4v) is 1.99. The quantitative estimate of drug-likeness (QED) is 0.901. The number of fused-ring (bicyclic) bond motifs is 1. The van der Waals surface area contributed by atoms with Crippen molar-refractivity contribution >= 4 is 17.5 Å². The molecule has 0 bridgehead atoms. The number of nitrogens with one attached hydrogen (secondary N) is 1. The van der Waals surface area contributed by atoms with Crippen molar-refractivity contribution in [3.8, 4) is 5.75 Å². The molecule has 1 aromatic rings. The summed E-state index contributed by atoms with van der Waals surface area (Å²) in [6.07, 6.45) is 2.01. The van der Waals surface area contributed by atoms with Crippen LogP contribution in [0.3, 0.4) is 0 Å². The maximum absolute atomic E-state index is 12.3. The van der Waals surface area contributed by atoms with Crippen molar-refractivity contribution in [1.82, 2.24) is 4.90 Å². The van der Waals surface area contributed by atoms with Gasteiger partial charge in [-0.15, -0.1) is 0 Å². The Kier molecular flexibility index (Phi) is 4.04. The van der Waals surface area contributed by atoms with E-state index in [1.807, 2.05) is 0 Å². The van der Waals surface area contributed by atoms with Gasteiger partial charge in [0.1, 0.15) is 0 Å². The number of ether oxygens (including phenoxy) is 1. The number of hydrogen-bond donors (Lipinski definition) is 1. The van der Waals surface area contributed by atoms with Crippen molar-refractivity contribution in [2.75, 3.05) is 25.5 Å². The Morgan fingerprint density at radius 3 is 3.00 bits per heavy atom. The molecule has 0 radical (unpaired) electrons. The second-order valence-corrected chi connectivity index (χ2v) is 4.60. The normalized spacial score (nSPS) is 13.3. The average molecular weight is 262 g/mol. The number of unbranched alkanes of at least 4 members (excludes halogenated alkanes) is 1. The Balaban J connectivity index is 2.23. The van der Waals surface area contributed by atoms with Crippen LogP contribution in [0.25, 0.3) is 0 Å². The number of anilines is 1. The van der Waals surface area contributed by atoms with Gasteiger partial charge in [0.15, 0.2) is 12.4 Å². The van der Waals surface area contributed by atoms with Gasteiger partial charge < -0.3 is 15.0 Å². The van der Waals surface area contributed by atoms with Crippen LogP contribution in [0.5, 0.6) is 5.75 Å². The zero-order chi connectivity index (χ0) is 13.8. The highest BCUT2D eigenvalue weighted by Crippen LogP contribution is 2.32. The van der Waals surface area contributed by atoms with Gasteiger partial charge in [-0.1, -0.05) is 19.4 Å². The molecule has 0 aliphatic carbocycles. The van der Waals surface area contributed by atoms with Crippen LogP contribution in [0.1, 0.15) is 30.1 Å². The lowest BCUT2D eigenvalue weighted by Crippen LogP contribution is -2.31. The largest absolute Gasteiger partial charge is 0.481 e. The summed E-state index contributed by atoms with van der Waals surface area (Å²) in [5.41, 5.74) is 1.06. The predicted molar refractivity (Wildman–Crippen MR) is 72.4 cm³/mol. The van der Waals surface area contributed by atoms with Crippen LogP contribution < -0.4 is 10.1 Å². The van der Waals surface area contributed by atoms with Gasteiger partial charge in [-0.3, -0.25) is 9.59 Å². The second-order valence-electron chi connectivity index (χ2n) is 4.60. The highest BCUT2D eigenvalue weighted by molar-refractivity contribution is 6.03. The smallest absolute Gasteiger partial charge is 0.262 e. The molecule has 0 fully saturated rings. The topological polar surface area (TPSA) is 58.6 Å². The lowest BCUT2D eigenvalue weighted by Gasteiger charge is -2.23. The van der Waals surface area contributed by atoms with Crippen molar-refractivity contribution in [1.29, 1.82) is 0 Å². The van der Waals surface area contributed by atoms with Crippen LogP contribution in [-0.2, 0) is 4.79 Å². The number of carbonyl (C=O) groups is 2. The molecule has 1 heterocycles. The maximum Gasteiger partial charge on any atom is 0.262 e. The number of nitrogens with zero attached hydrogens (tertiary/aromatic N) is 1. The highest BCUT2D eigenvalue weighted by Gasteiger charge is 2.23. The number of para-hydroxylation sites is 1. The summed E-state index contributed by atoms with van der Waals surface area (Å²) in [5, 5.41) is 2.70. The minimum Gasteiger partial charge on any atom is -0.481 e. The minimum absolute atomic E-state index is 0.0457. The molecule has 0 unspecified atom stereocenters. The molecular weight excluding hydrogens is 244 g/mol. The number of hydrogen-bond acceptors (Lipinski definition) is 3. The van der Waals surface area contributed by atoms with E-state index in [-0.39, 0.29) is 18.4 Å². The zero-order valence-electron chi connectivity index (χ0n) is 11.2. The maximum atomic E-state index is 12.3. The van der Waals surface area contributed by atoms with E-state index in [1.165, 1.54) is 0 Å². The molecule has 1 aliphatic heterocycles. The van der Waals surface area contributed by atoms with Crippen LogP contribution in [0.15, 0.2) is 18.2 Å². The van der Waals surface area contributed by atoms with E-state index < -0.39 is 0 Å². The fraction of sp³-hybridized carbons (Fsp3) is 0.429. The third-order valence-corrected chi connectivity index (χ3v) is 3.06. The van der Waals surface area contributed by atoms with E-state index in [4.69, 9.17) is 4.74 Å². The van der Waals surface area contributed by atoms with Crippen molar-refractivity contribution in [2.45, 2.75) is 19.8 Å². The first kappa shape index (κ1) is 13.4. The van der Waals surface area contributed by atoms with Gasteiger partial charge in [0.2, 0.25) is 0 Å². The van der Waals surface area contributed by atoms with E-state index in [9.17, 15) is 9.59 Å². The summed E-state index contributed by atoms with van der Waals surface area (Å²) >= 11 is 0. The number of rotatable bonds is 4. The van der Waals surface area contributed by atoms with Crippen LogP contribution in [0.4, 0.5) is 5.69 Å². The molecule has 1 aliphatic rings. The first-order valence-corrected chi connectivity index (χ1v) is 6.44. The Morgan fingerprint density at radius 1 is 1.47 bits per heavy atom. The molecule has 0 saturated heterocycles. The molecule has 2 amide bonds. The Bertz CT molecular complexity index is 499. The van der Waals surface area contributed by atoms with Gasteiger partial charge >= 0.3 is 0 Å². The van der Waals surface area contributed by atoms with Gasteiger partial charge in [0.25, 0.3) is 11.8 Å². The number of carbonyl (C=O) groups excluding carboxylic acids is 2. The van der Waals surface area contributed by atoms with Crippen LogP contribution in [0.2, 0.25) is 0 Å². The van der Waals surface area contributed by atoms with Crippen molar-refractivity contribution in [2.24, 2.45) is 0 Å². The fourth-order valence-electron chi connectivity index (χ4n) is 1.99. The summed E-state index contributed by atoms with van der Waals surface area (Å²) in [7, 11) is 1.78. The molecule has 19 heavy (non-hydrogen) atoms. The van der Waals surface area contributed by atoms with Crippen LogP contribution >= 0.6 is 0 Å². The first-order valence-electron chi connectivity index (χ1n) is 6.44. The van der Waals surface area contributed by atoms with E-state index in [1.54, 1.807) is 30.1 Å². The molecule has 5 heteroatoms. The standard InChI is InChI=1S/C14H18N2O3/c1-3-4-8-16(2)14(18)10-6-5-7-11-13(10)19-9-12(17)15-11/h5-7H,3-4,8-9H2,1-2H3,(H,15,17). The lowest BCUT2D eigenvalue weighted by atomic mass is 10.1. The van der Waals surface area contributed by atoms with Crippen molar-refractivity contribution < 1.29 is 14.3 Å². The Hall–Kier alpha value is -2.04. The molecule has 2 rings (SSSR count). The van der Waals surface area contributed by atoms with E-state index >= 15 is 0 Å². The van der Waals surface area contributed by atoms with Crippen LogP contribution in [0, 0.1) is 0 Å². The van der Waals surface area contributed by atoms with Crippen molar-refractivity contribution in [3.63, 3.8) is 0 Å². The summed E-state index contributed by atoms with van der Waals surface area (Å²) in [5.74, 6) is 0.188. The Morgan fingerprint density at radius 2 is 2.26 bits per heavy atom. The summed E-state index contributed by atoms with van der Waals surface area (Å²) < 4.78 is 5.38. The third-order valence-electron chi connectivity index (χ3n) is 3.06. The molecule has 0 spiro atoms. The molecule has 0 saturated carbocycles. The molecule has 1 N–H and O–H groups in total.